The van der Waals surface area contributed by atoms with Gasteiger partial charge in [-0.25, -0.2) is 8.42 Å². The summed E-state index contributed by atoms with van der Waals surface area (Å²) in [5.74, 6) is 0.830. The summed E-state index contributed by atoms with van der Waals surface area (Å²) in [6.45, 7) is 2.99. The number of para-hydroxylation sites is 1. The molecular weight excluding hydrogens is 540 g/mol. The fraction of sp³-hybridized carbons (Fsp3) is 0.444. The van der Waals surface area contributed by atoms with E-state index in [-0.39, 0.29) is 4.90 Å². The maximum absolute atomic E-state index is 13.2. The molecule has 0 bridgehead atoms. The van der Waals surface area contributed by atoms with Gasteiger partial charge in [0.1, 0.15) is 5.75 Å². The molecule has 1 heterocycles. The average Bonchev–Trinajstić information content (AvgIpc) is 3.37. The van der Waals surface area contributed by atoms with E-state index in [1.807, 2.05) is 48.5 Å². The Morgan fingerprint density at radius 2 is 1.19 bits per heavy atom. The first kappa shape index (κ1) is 31.7. The van der Waals surface area contributed by atoms with E-state index in [4.69, 9.17) is 4.74 Å². The Hall–Kier alpha value is -3.25. The Morgan fingerprint density at radius 1 is 0.643 bits per heavy atom. The highest BCUT2D eigenvalue weighted by Crippen LogP contribution is 2.37. The van der Waals surface area contributed by atoms with Gasteiger partial charge in [-0.05, 0) is 48.9 Å². The number of H-pyrrole nitrogens is 1. The number of fused-ring (bicyclic) bond motifs is 1. The number of benzene rings is 3. The molecule has 0 spiro atoms. The van der Waals surface area contributed by atoms with Crippen molar-refractivity contribution in [3.8, 4) is 17.0 Å². The van der Waals surface area contributed by atoms with Crippen LogP contribution in [0.15, 0.2) is 83.8 Å². The topological polar surface area (TPSA) is 71.2 Å². The van der Waals surface area contributed by atoms with Crippen LogP contribution in [0.25, 0.3) is 22.2 Å². The summed E-state index contributed by atoms with van der Waals surface area (Å²) in [6.07, 6.45) is 18.8. The van der Waals surface area contributed by atoms with E-state index in [2.05, 4.69) is 16.6 Å². The predicted octanol–water partition coefficient (Wildman–Crippen LogP) is 10.5. The molecule has 0 fully saturated rings. The molecule has 0 saturated carbocycles. The van der Waals surface area contributed by atoms with Crippen LogP contribution in [0.3, 0.4) is 0 Å². The number of aromatic amines is 1. The van der Waals surface area contributed by atoms with Crippen molar-refractivity contribution in [2.75, 3.05) is 11.3 Å². The molecule has 1 aromatic heterocycles. The Bertz CT molecular complexity index is 1430. The average molecular weight is 589 g/mol. The minimum absolute atomic E-state index is 0.230. The third kappa shape index (κ3) is 9.65. The summed E-state index contributed by atoms with van der Waals surface area (Å²) in [6, 6.07) is 24.0. The minimum Gasteiger partial charge on any atom is -0.494 e. The fourth-order valence-electron chi connectivity index (χ4n) is 5.46. The monoisotopic (exact) mass is 588 g/mol. The molecule has 0 atom stereocenters. The number of sulfonamides is 1. The summed E-state index contributed by atoms with van der Waals surface area (Å²) >= 11 is 0. The summed E-state index contributed by atoms with van der Waals surface area (Å²) in [7, 11) is -3.74. The molecule has 0 aliphatic rings. The fourth-order valence-corrected chi connectivity index (χ4v) is 6.58. The molecule has 0 aliphatic heterocycles. The van der Waals surface area contributed by atoms with Crippen molar-refractivity contribution in [3.63, 3.8) is 0 Å². The first-order valence-corrected chi connectivity index (χ1v) is 17.5. The zero-order valence-electron chi connectivity index (χ0n) is 25.2. The molecular formula is C36H48N2O3S. The molecule has 0 unspecified atom stereocenters. The van der Waals surface area contributed by atoms with Crippen LogP contribution in [-0.2, 0) is 10.0 Å². The molecule has 3 aromatic carbocycles. The standard InChI is InChI=1S/C36H48N2O3S/c1-2-3-4-5-6-7-8-9-10-11-12-13-14-20-29-41-31-27-25-30(26-28-31)35-36(33-23-18-19-24-34(33)37-35)38-42(39,40)32-21-16-15-17-22-32/h15-19,21-28,37-38H,2-14,20,29H2,1H3. The molecule has 42 heavy (non-hydrogen) atoms. The van der Waals surface area contributed by atoms with Gasteiger partial charge in [-0.15, -0.1) is 0 Å². The zero-order valence-corrected chi connectivity index (χ0v) is 26.1. The number of unbranched alkanes of at least 4 members (excludes halogenated alkanes) is 13. The van der Waals surface area contributed by atoms with Gasteiger partial charge in [-0.2, -0.15) is 0 Å². The molecule has 4 aromatic rings. The third-order valence-electron chi connectivity index (χ3n) is 7.91. The number of ether oxygens (including phenoxy) is 1. The molecule has 5 nitrogen and oxygen atoms in total. The van der Waals surface area contributed by atoms with Crippen molar-refractivity contribution in [2.24, 2.45) is 0 Å². The lowest BCUT2D eigenvalue weighted by Crippen LogP contribution is -2.13. The summed E-state index contributed by atoms with van der Waals surface area (Å²) in [5, 5.41) is 0.824. The maximum atomic E-state index is 13.2. The highest BCUT2D eigenvalue weighted by Gasteiger charge is 2.20. The summed E-state index contributed by atoms with van der Waals surface area (Å²) in [4.78, 5) is 3.64. The van der Waals surface area contributed by atoms with E-state index >= 15 is 0 Å². The van der Waals surface area contributed by atoms with Gasteiger partial charge >= 0.3 is 0 Å². The van der Waals surface area contributed by atoms with Crippen LogP contribution in [0.2, 0.25) is 0 Å². The van der Waals surface area contributed by atoms with Crippen molar-refractivity contribution in [1.82, 2.24) is 4.98 Å². The lowest BCUT2D eigenvalue weighted by molar-refractivity contribution is 0.304. The second-order valence-corrected chi connectivity index (χ2v) is 13.0. The Morgan fingerprint density at radius 3 is 1.81 bits per heavy atom. The number of hydrogen-bond acceptors (Lipinski definition) is 3. The Labute approximate surface area is 253 Å². The Balaban J connectivity index is 1.20. The number of anilines is 1. The minimum atomic E-state index is -3.74. The molecule has 2 N–H and O–H groups in total. The smallest absolute Gasteiger partial charge is 0.261 e. The van der Waals surface area contributed by atoms with Gasteiger partial charge in [0.25, 0.3) is 10.0 Å². The van der Waals surface area contributed by atoms with Crippen LogP contribution >= 0.6 is 0 Å². The van der Waals surface area contributed by atoms with Crippen LogP contribution in [0.5, 0.6) is 5.75 Å². The van der Waals surface area contributed by atoms with Gasteiger partial charge in [0.05, 0.1) is 22.9 Å². The maximum Gasteiger partial charge on any atom is 0.261 e. The van der Waals surface area contributed by atoms with Crippen LogP contribution in [0, 0.1) is 0 Å². The quantitative estimate of drug-likeness (QED) is 0.101. The summed E-state index contributed by atoms with van der Waals surface area (Å²) in [5.41, 5.74) is 3.04. The molecule has 0 aliphatic carbocycles. The van der Waals surface area contributed by atoms with E-state index in [1.165, 1.54) is 83.5 Å². The van der Waals surface area contributed by atoms with Gasteiger partial charge in [-0.1, -0.05) is 127 Å². The first-order valence-electron chi connectivity index (χ1n) is 16.0. The van der Waals surface area contributed by atoms with Gasteiger partial charge < -0.3 is 9.72 Å². The highest BCUT2D eigenvalue weighted by molar-refractivity contribution is 7.92. The van der Waals surface area contributed by atoms with Gasteiger partial charge in [-0.3, -0.25) is 4.72 Å². The number of hydrogen-bond donors (Lipinski definition) is 2. The lowest BCUT2D eigenvalue weighted by atomic mass is 10.0. The second kappa shape index (κ2) is 17.0. The van der Waals surface area contributed by atoms with E-state index in [0.717, 1.165) is 34.3 Å². The van der Waals surface area contributed by atoms with E-state index in [0.29, 0.717) is 12.3 Å². The van der Waals surface area contributed by atoms with Crippen LogP contribution in [0.1, 0.15) is 96.8 Å². The van der Waals surface area contributed by atoms with Crippen molar-refractivity contribution in [3.05, 3.63) is 78.9 Å². The molecule has 4 rings (SSSR count). The Kier molecular flexibility index (Phi) is 12.8. The SMILES string of the molecule is CCCCCCCCCCCCCCCCOc1ccc(-c2[nH]c3ccccc3c2NS(=O)(=O)c2ccccc2)cc1. The molecule has 0 amide bonds. The van der Waals surface area contributed by atoms with Crippen molar-refractivity contribution < 1.29 is 13.2 Å². The van der Waals surface area contributed by atoms with Crippen LogP contribution < -0.4 is 9.46 Å². The molecule has 0 radical (unpaired) electrons. The normalized spacial score (nSPS) is 11.6. The number of rotatable bonds is 20. The van der Waals surface area contributed by atoms with E-state index < -0.39 is 10.0 Å². The zero-order chi connectivity index (χ0) is 29.5. The van der Waals surface area contributed by atoms with Crippen molar-refractivity contribution in [2.45, 2.75) is 102 Å². The number of nitrogens with one attached hydrogen (secondary N) is 2. The molecule has 226 valence electrons. The lowest BCUT2D eigenvalue weighted by Gasteiger charge is -2.11. The van der Waals surface area contributed by atoms with Gasteiger partial charge in [0.15, 0.2) is 0 Å². The largest absolute Gasteiger partial charge is 0.494 e. The molecule has 6 heteroatoms. The van der Waals surface area contributed by atoms with E-state index in [1.54, 1.807) is 30.3 Å². The van der Waals surface area contributed by atoms with Crippen LogP contribution in [-0.4, -0.2) is 20.0 Å². The van der Waals surface area contributed by atoms with E-state index in [9.17, 15) is 8.42 Å². The third-order valence-corrected chi connectivity index (χ3v) is 9.27. The van der Waals surface area contributed by atoms with Crippen molar-refractivity contribution in [1.29, 1.82) is 0 Å². The second-order valence-electron chi connectivity index (χ2n) is 11.3. The van der Waals surface area contributed by atoms with Gasteiger partial charge in [0, 0.05) is 16.5 Å². The molecule has 0 saturated heterocycles. The summed E-state index contributed by atoms with van der Waals surface area (Å²) < 4.78 is 35.2. The first-order chi connectivity index (χ1) is 20.6. The highest BCUT2D eigenvalue weighted by atomic mass is 32.2. The van der Waals surface area contributed by atoms with Gasteiger partial charge in [0.2, 0.25) is 0 Å². The van der Waals surface area contributed by atoms with Crippen LogP contribution in [0.4, 0.5) is 5.69 Å². The van der Waals surface area contributed by atoms with Crippen molar-refractivity contribution >= 4 is 26.6 Å². The predicted molar refractivity (Wildman–Crippen MR) is 177 cm³/mol. The number of aromatic nitrogens is 1.